The van der Waals surface area contributed by atoms with Gasteiger partial charge in [0.05, 0.1) is 6.04 Å². The maximum absolute atomic E-state index is 4.51. The van der Waals surface area contributed by atoms with Gasteiger partial charge in [-0.1, -0.05) is 30.3 Å². The van der Waals surface area contributed by atoms with Crippen molar-refractivity contribution in [3.8, 4) is 0 Å². The number of pyridine rings is 1. The Bertz CT molecular complexity index is 449. The van der Waals surface area contributed by atoms with Gasteiger partial charge in [-0.3, -0.25) is 9.98 Å². The van der Waals surface area contributed by atoms with Crippen molar-refractivity contribution in [2.24, 2.45) is 4.99 Å². The molecule has 0 radical (unpaired) electrons. The fraction of sp³-hybridized carbons (Fsp3) is 0.143. The van der Waals surface area contributed by atoms with Crippen LogP contribution in [0.3, 0.4) is 0 Å². The number of rotatable bonds is 3. The summed E-state index contributed by atoms with van der Waals surface area (Å²) in [5, 5.41) is 0. The van der Waals surface area contributed by atoms with E-state index in [-0.39, 0.29) is 6.04 Å². The minimum absolute atomic E-state index is 0.189. The standard InChI is InChI=1S/C14H14N2/c1-12(14-5-3-2-4-6-14)16-11-13-7-9-15-10-8-13/h2-12H,1H3/t12-/m1/s1. The Labute approximate surface area is 95.7 Å². The van der Waals surface area contributed by atoms with Crippen LogP contribution in [-0.2, 0) is 0 Å². The summed E-state index contributed by atoms with van der Waals surface area (Å²) in [4.78, 5) is 8.48. The second-order valence-electron chi connectivity index (χ2n) is 3.65. The van der Waals surface area contributed by atoms with Crippen LogP contribution < -0.4 is 0 Å². The molecule has 0 N–H and O–H groups in total. The van der Waals surface area contributed by atoms with Crippen molar-refractivity contribution in [1.82, 2.24) is 4.98 Å². The number of hydrogen-bond acceptors (Lipinski definition) is 2. The van der Waals surface area contributed by atoms with Crippen LogP contribution in [-0.4, -0.2) is 11.2 Å². The van der Waals surface area contributed by atoms with Crippen molar-refractivity contribution < 1.29 is 0 Å². The summed E-state index contributed by atoms with van der Waals surface area (Å²) in [7, 11) is 0. The molecule has 2 rings (SSSR count). The molecule has 2 nitrogen and oxygen atoms in total. The van der Waals surface area contributed by atoms with Crippen molar-refractivity contribution in [2.45, 2.75) is 13.0 Å². The third-order valence-corrected chi connectivity index (χ3v) is 2.44. The van der Waals surface area contributed by atoms with Gasteiger partial charge in [0.25, 0.3) is 0 Å². The molecule has 0 bridgehead atoms. The number of nitrogens with zero attached hydrogens (tertiary/aromatic N) is 2. The van der Waals surface area contributed by atoms with E-state index in [4.69, 9.17) is 0 Å². The van der Waals surface area contributed by atoms with Crippen LogP contribution >= 0.6 is 0 Å². The smallest absolute Gasteiger partial charge is 0.0721 e. The summed E-state index contributed by atoms with van der Waals surface area (Å²) in [6, 6.07) is 14.4. The van der Waals surface area contributed by atoms with Crippen molar-refractivity contribution in [2.75, 3.05) is 0 Å². The zero-order valence-electron chi connectivity index (χ0n) is 9.25. The summed E-state index contributed by atoms with van der Waals surface area (Å²) in [5.74, 6) is 0. The Morgan fingerprint density at radius 3 is 2.44 bits per heavy atom. The van der Waals surface area contributed by atoms with E-state index < -0.39 is 0 Å². The zero-order valence-corrected chi connectivity index (χ0v) is 9.25. The van der Waals surface area contributed by atoms with E-state index in [1.807, 2.05) is 36.5 Å². The van der Waals surface area contributed by atoms with E-state index in [0.29, 0.717) is 0 Å². The molecular formula is C14H14N2. The first-order chi connectivity index (χ1) is 7.86. The normalized spacial score (nSPS) is 12.8. The van der Waals surface area contributed by atoms with Gasteiger partial charge in [-0.15, -0.1) is 0 Å². The molecule has 0 fully saturated rings. The van der Waals surface area contributed by atoms with Crippen LogP contribution in [0.2, 0.25) is 0 Å². The van der Waals surface area contributed by atoms with Crippen LogP contribution in [0.25, 0.3) is 0 Å². The Morgan fingerprint density at radius 2 is 1.75 bits per heavy atom. The lowest BCUT2D eigenvalue weighted by atomic mass is 10.1. The number of aromatic nitrogens is 1. The van der Waals surface area contributed by atoms with Crippen LogP contribution in [0.1, 0.15) is 24.1 Å². The molecule has 1 atom stereocenters. The maximum Gasteiger partial charge on any atom is 0.0721 e. The topological polar surface area (TPSA) is 25.2 Å². The highest BCUT2D eigenvalue weighted by molar-refractivity contribution is 5.79. The second-order valence-corrected chi connectivity index (χ2v) is 3.65. The van der Waals surface area contributed by atoms with Gasteiger partial charge < -0.3 is 0 Å². The molecule has 80 valence electrons. The minimum atomic E-state index is 0.189. The van der Waals surface area contributed by atoms with Gasteiger partial charge in [0.1, 0.15) is 0 Å². The van der Waals surface area contributed by atoms with Gasteiger partial charge in [0, 0.05) is 18.6 Å². The monoisotopic (exact) mass is 210 g/mol. The highest BCUT2D eigenvalue weighted by Crippen LogP contribution is 2.15. The van der Waals surface area contributed by atoms with Gasteiger partial charge in [-0.2, -0.15) is 0 Å². The number of aliphatic imine (C=N–C) groups is 1. The molecule has 0 aliphatic rings. The highest BCUT2D eigenvalue weighted by atomic mass is 14.8. The lowest BCUT2D eigenvalue weighted by molar-refractivity contribution is 0.825. The summed E-state index contributed by atoms with van der Waals surface area (Å²) >= 11 is 0. The predicted octanol–water partition coefficient (Wildman–Crippen LogP) is 3.26. The van der Waals surface area contributed by atoms with E-state index in [9.17, 15) is 0 Å². The summed E-state index contributed by atoms with van der Waals surface area (Å²) in [6.45, 7) is 2.09. The lowest BCUT2D eigenvalue weighted by Gasteiger charge is -2.05. The average Bonchev–Trinajstić information content (AvgIpc) is 2.38. The molecule has 0 amide bonds. The molecule has 1 aromatic heterocycles. The minimum Gasteiger partial charge on any atom is -0.285 e. The second kappa shape index (κ2) is 5.21. The van der Waals surface area contributed by atoms with Crippen molar-refractivity contribution in [1.29, 1.82) is 0 Å². The highest BCUT2D eigenvalue weighted by Gasteiger charge is 1.99. The molecule has 0 saturated carbocycles. The predicted molar refractivity (Wildman–Crippen MR) is 66.7 cm³/mol. The maximum atomic E-state index is 4.51. The Kier molecular flexibility index (Phi) is 3.44. The summed E-state index contributed by atoms with van der Waals surface area (Å²) < 4.78 is 0. The molecule has 2 heteroatoms. The van der Waals surface area contributed by atoms with E-state index in [1.165, 1.54) is 5.56 Å². The number of hydrogen-bond donors (Lipinski definition) is 0. The summed E-state index contributed by atoms with van der Waals surface area (Å²) in [6.07, 6.45) is 5.43. The fourth-order valence-electron chi connectivity index (χ4n) is 1.47. The summed E-state index contributed by atoms with van der Waals surface area (Å²) in [5.41, 5.74) is 2.31. The van der Waals surface area contributed by atoms with Gasteiger partial charge in [0.15, 0.2) is 0 Å². The number of benzene rings is 1. The SMILES string of the molecule is C[C@@H](N=Cc1ccncc1)c1ccccc1. The van der Waals surface area contributed by atoms with Crippen molar-refractivity contribution >= 4 is 6.21 Å². The average molecular weight is 210 g/mol. The third kappa shape index (κ3) is 2.76. The molecule has 0 unspecified atom stereocenters. The van der Waals surface area contributed by atoms with E-state index >= 15 is 0 Å². The van der Waals surface area contributed by atoms with Gasteiger partial charge in [-0.25, -0.2) is 0 Å². The Hall–Kier alpha value is -1.96. The first kappa shape index (κ1) is 10.6. The Balaban J connectivity index is 2.08. The van der Waals surface area contributed by atoms with Crippen LogP contribution in [0.15, 0.2) is 59.9 Å². The molecule has 0 spiro atoms. The molecule has 0 aliphatic heterocycles. The van der Waals surface area contributed by atoms with Crippen LogP contribution in [0.5, 0.6) is 0 Å². The first-order valence-electron chi connectivity index (χ1n) is 5.34. The zero-order chi connectivity index (χ0) is 11.2. The van der Waals surface area contributed by atoms with Crippen molar-refractivity contribution in [3.63, 3.8) is 0 Å². The van der Waals surface area contributed by atoms with Crippen LogP contribution in [0.4, 0.5) is 0 Å². The molecule has 2 aromatic rings. The Morgan fingerprint density at radius 1 is 1.06 bits per heavy atom. The van der Waals surface area contributed by atoms with E-state index in [0.717, 1.165) is 5.56 Å². The third-order valence-electron chi connectivity index (χ3n) is 2.44. The molecular weight excluding hydrogens is 196 g/mol. The lowest BCUT2D eigenvalue weighted by Crippen LogP contribution is -1.90. The molecule has 0 saturated heterocycles. The molecule has 0 aliphatic carbocycles. The fourth-order valence-corrected chi connectivity index (χ4v) is 1.47. The quantitative estimate of drug-likeness (QED) is 0.714. The first-order valence-corrected chi connectivity index (χ1v) is 5.34. The van der Waals surface area contributed by atoms with E-state index in [2.05, 4.69) is 29.0 Å². The molecule has 1 heterocycles. The van der Waals surface area contributed by atoms with Crippen molar-refractivity contribution in [3.05, 3.63) is 66.0 Å². The van der Waals surface area contributed by atoms with Gasteiger partial charge in [-0.05, 0) is 30.2 Å². The van der Waals surface area contributed by atoms with Gasteiger partial charge >= 0.3 is 0 Å². The van der Waals surface area contributed by atoms with Crippen LogP contribution in [0, 0.1) is 0 Å². The molecule has 16 heavy (non-hydrogen) atoms. The van der Waals surface area contributed by atoms with E-state index in [1.54, 1.807) is 12.4 Å². The molecule has 1 aromatic carbocycles. The largest absolute Gasteiger partial charge is 0.285 e. The van der Waals surface area contributed by atoms with Gasteiger partial charge in [0.2, 0.25) is 0 Å².